The van der Waals surface area contributed by atoms with Gasteiger partial charge in [-0.15, -0.1) is 0 Å². The van der Waals surface area contributed by atoms with Gasteiger partial charge in [-0.25, -0.2) is 4.39 Å². The van der Waals surface area contributed by atoms with Crippen molar-refractivity contribution in [3.63, 3.8) is 0 Å². The first-order valence-electron chi connectivity index (χ1n) is 7.03. The Labute approximate surface area is 114 Å². The van der Waals surface area contributed by atoms with Crippen molar-refractivity contribution in [1.82, 2.24) is 4.90 Å². The van der Waals surface area contributed by atoms with Crippen LogP contribution in [0.4, 0.5) is 4.39 Å². The third-order valence-corrected chi connectivity index (χ3v) is 3.63. The number of nitriles is 1. The normalized spacial score (nSPS) is 14.9. The molecule has 2 rings (SSSR count). The fraction of sp³-hybridized carbons (Fsp3) is 0.562. The molecule has 0 heterocycles. The lowest BCUT2D eigenvalue weighted by Gasteiger charge is -2.23. The Balaban J connectivity index is 2.07. The largest absolute Gasteiger partial charge is 0.296 e. The molecule has 1 fully saturated rings. The molecule has 1 aromatic carbocycles. The third kappa shape index (κ3) is 3.78. The Morgan fingerprint density at radius 1 is 1.42 bits per heavy atom. The number of rotatable bonds is 6. The molecule has 0 spiro atoms. The minimum Gasteiger partial charge on any atom is -0.296 e. The predicted molar refractivity (Wildman–Crippen MR) is 74.0 cm³/mol. The van der Waals surface area contributed by atoms with Crippen LogP contribution in [0.25, 0.3) is 0 Å². The first-order valence-corrected chi connectivity index (χ1v) is 7.03. The standard InChI is InChI=1S/C16H21FN2/c1-12(2)8-9-19(15-6-7-15)11-14-5-3-4-13(10-18)16(14)17/h3-5,12,15H,6-9,11H2,1-2H3. The Morgan fingerprint density at radius 2 is 2.16 bits per heavy atom. The lowest BCUT2D eigenvalue weighted by molar-refractivity contribution is 0.236. The lowest BCUT2D eigenvalue weighted by Crippen LogP contribution is -2.28. The summed E-state index contributed by atoms with van der Waals surface area (Å²) in [5, 5.41) is 8.87. The van der Waals surface area contributed by atoms with Crippen molar-refractivity contribution in [2.24, 2.45) is 5.92 Å². The van der Waals surface area contributed by atoms with Crippen molar-refractivity contribution >= 4 is 0 Å². The highest BCUT2D eigenvalue weighted by Gasteiger charge is 2.29. The summed E-state index contributed by atoms with van der Waals surface area (Å²) in [6, 6.07) is 7.62. The van der Waals surface area contributed by atoms with Crippen molar-refractivity contribution < 1.29 is 4.39 Å². The van der Waals surface area contributed by atoms with Crippen LogP contribution in [-0.2, 0) is 6.54 Å². The summed E-state index contributed by atoms with van der Waals surface area (Å²) >= 11 is 0. The average Bonchev–Trinajstić information content (AvgIpc) is 3.20. The van der Waals surface area contributed by atoms with Gasteiger partial charge < -0.3 is 0 Å². The molecule has 0 aromatic heterocycles. The molecule has 1 saturated carbocycles. The monoisotopic (exact) mass is 260 g/mol. The van der Waals surface area contributed by atoms with Crippen LogP contribution in [0.2, 0.25) is 0 Å². The number of benzene rings is 1. The van der Waals surface area contributed by atoms with Crippen LogP contribution in [0.3, 0.4) is 0 Å². The van der Waals surface area contributed by atoms with Crippen molar-refractivity contribution in [2.75, 3.05) is 6.54 Å². The molecule has 2 nitrogen and oxygen atoms in total. The van der Waals surface area contributed by atoms with Gasteiger partial charge >= 0.3 is 0 Å². The van der Waals surface area contributed by atoms with E-state index < -0.39 is 0 Å². The smallest absolute Gasteiger partial charge is 0.145 e. The molecule has 0 amide bonds. The molecule has 0 saturated heterocycles. The summed E-state index contributed by atoms with van der Waals surface area (Å²) in [6.07, 6.45) is 3.57. The maximum absolute atomic E-state index is 14.1. The zero-order valence-corrected chi connectivity index (χ0v) is 11.7. The second-order valence-electron chi connectivity index (χ2n) is 5.77. The number of nitrogens with zero attached hydrogens (tertiary/aromatic N) is 2. The molecule has 1 aliphatic carbocycles. The van der Waals surface area contributed by atoms with Crippen LogP contribution < -0.4 is 0 Å². The molecule has 19 heavy (non-hydrogen) atoms. The zero-order chi connectivity index (χ0) is 13.8. The topological polar surface area (TPSA) is 27.0 Å². The van der Waals surface area contributed by atoms with Gasteiger partial charge in [-0.05, 0) is 37.8 Å². The fourth-order valence-corrected chi connectivity index (χ4v) is 2.26. The van der Waals surface area contributed by atoms with Crippen molar-refractivity contribution in [1.29, 1.82) is 5.26 Å². The first kappa shape index (κ1) is 14.0. The van der Waals surface area contributed by atoms with Crippen molar-refractivity contribution in [2.45, 2.75) is 45.7 Å². The molecule has 0 N–H and O–H groups in total. The van der Waals surface area contributed by atoms with Gasteiger partial charge in [-0.2, -0.15) is 5.26 Å². The van der Waals surface area contributed by atoms with Gasteiger partial charge in [0.25, 0.3) is 0 Å². The van der Waals surface area contributed by atoms with E-state index in [9.17, 15) is 4.39 Å². The van der Waals surface area contributed by atoms with E-state index in [2.05, 4.69) is 18.7 Å². The highest BCUT2D eigenvalue weighted by atomic mass is 19.1. The predicted octanol–water partition coefficient (Wildman–Crippen LogP) is 3.71. The second-order valence-corrected chi connectivity index (χ2v) is 5.77. The summed E-state index contributed by atoms with van der Waals surface area (Å²) in [5.41, 5.74) is 0.798. The molecule has 1 aliphatic rings. The Bertz CT molecular complexity index is 472. The maximum Gasteiger partial charge on any atom is 0.145 e. The lowest BCUT2D eigenvalue weighted by atomic mass is 10.1. The van der Waals surface area contributed by atoms with Crippen LogP contribution in [0, 0.1) is 23.1 Å². The zero-order valence-electron chi connectivity index (χ0n) is 11.7. The molecule has 0 aliphatic heterocycles. The van der Waals surface area contributed by atoms with Crippen LogP contribution in [0.5, 0.6) is 0 Å². The van der Waals surface area contributed by atoms with E-state index in [1.807, 2.05) is 6.07 Å². The van der Waals surface area contributed by atoms with E-state index in [0.717, 1.165) is 13.0 Å². The average molecular weight is 260 g/mol. The molecule has 0 bridgehead atoms. The van der Waals surface area contributed by atoms with E-state index in [1.54, 1.807) is 12.1 Å². The molecular formula is C16H21FN2. The highest BCUT2D eigenvalue weighted by Crippen LogP contribution is 2.29. The molecule has 0 unspecified atom stereocenters. The summed E-state index contributed by atoms with van der Waals surface area (Å²) in [7, 11) is 0. The van der Waals surface area contributed by atoms with E-state index in [0.29, 0.717) is 24.1 Å². The molecular weight excluding hydrogens is 239 g/mol. The van der Waals surface area contributed by atoms with Gasteiger partial charge in [-0.1, -0.05) is 26.0 Å². The third-order valence-electron chi connectivity index (χ3n) is 3.63. The molecule has 1 aromatic rings. The van der Waals surface area contributed by atoms with Crippen LogP contribution >= 0.6 is 0 Å². The first-order chi connectivity index (χ1) is 9.11. The fourth-order valence-electron chi connectivity index (χ4n) is 2.26. The molecule has 3 heteroatoms. The van der Waals surface area contributed by atoms with E-state index >= 15 is 0 Å². The minimum atomic E-state index is -0.347. The van der Waals surface area contributed by atoms with Crippen LogP contribution in [-0.4, -0.2) is 17.5 Å². The molecule has 102 valence electrons. The number of hydrogen-bond donors (Lipinski definition) is 0. The van der Waals surface area contributed by atoms with Crippen LogP contribution in [0.15, 0.2) is 18.2 Å². The Hall–Kier alpha value is -1.40. The van der Waals surface area contributed by atoms with Crippen LogP contribution in [0.1, 0.15) is 44.2 Å². The molecule has 0 atom stereocenters. The number of hydrogen-bond acceptors (Lipinski definition) is 2. The number of halogens is 1. The maximum atomic E-state index is 14.1. The van der Waals surface area contributed by atoms with Crippen molar-refractivity contribution in [3.05, 3.63) is 35.1 Å². The SMILES string of the molecule is CC(C)CCN(Cc1cccc(C#N)c1F)C1CC1. The molecule has 0 radical (unpaired) electrons. The van der Waals surface area contributed by atoms with E-state index in [4.69, 9.17) is 5.26 Å². The van der Waals surface area contributed by atoms with E-state index in [1.165, 1.54) is 18.9 Å². The Kier molecular flexibility index (Phi) is 4.55. The van der Waals surface area contributed by atoms with Gasteiger partial charge in [0.1, 0.15) is 11.9 Å². The van der Waals surface area contributed by atoms with Gasteiger partial charge in [0.15, 0.2) is 0 Å². The summed E-state index contributed by atoms with van der Waals surface area (Å²) in [5.74, 6) is 0.316. The summed E-state index contributed by atoms with van der Waals surface area (Å²) in [6.45, 7) is 6.06. The van der Waals surface area contributed by atoms with Gasteiger partial charge in [-0.3, -0.25) is 4.90 Å². The summed E-state index contributed by atoms with van der Waals surface area (Å²) in [4.78, 5) is 2.36. The van der Waals surface area contributed by atoms with Gasteiger partial charge in [0.2, 0.25) is 0 Å². The van der Waals surface area contributed by atoms with Crippen molar-refractivity contribution in [3.8, 4) is 6.07 Å². The van der Waals surface area contributed by atoms with E-state index in [-0.39, 0.29) is 11.4 Å². The van der Waals surface area contributed by atoms with Gasteiger partial charge in [0, 0.05) is 18.2 Å². The second kappa shape index (κ2) is 6.16. The minimum absolute atomic E-state index is 0.150. The Morgan fingerprint density at radius 3 is 2.74 bits per heavy atom. The van der Waals surface area contributed by atoms with Gasteiger partial charge in [0.05, 0.1) is 5.56 Å². The summed E-state index contributed by atoms with van der Waals surface area (Å²) < 4.78 is 14.1. The quantitative estimate of drug-likeness (QED) is 0.779. The highest BCUT2D eigenvalue weighted by molar-refractivity contribution is 5.35.